The smallest absolute Gasteiger partial charge is 0.335 e. The Kier molecular flexibility index (Phi) is 6.85. The molecule has 2 aromatic rings. The second kappa shape index (κ2) is 8.90. The highest BCUT2D eigenvalue weighted by molar-refractivity contribution is 7.90. The Morgan fingerprint density at radius 3 is 2.33 bits per heavy atom. The minimum absolute atomic E-state index is 0.0826. The highest BCUT2D eigenvalue weighted by Crippen LogP contribution is 2.39. The van der Waals surface area contributed by atoms with E-state index in [1.54, 1.807) is 24.3 Å². The molecule has 0 spiro atoms. The maximum atomic E-state index is 12.4. The molecular formula is C20H25NO5S. The van der Waals surface area contributed by atoms with E-state index < -0.39 is 15.8 Å². The van der Waals surface area contributed by atoms with Gasteiger partial charge in [0.2, 0.25) is 0 Å². The molecule has 0 amide bonds. The summed E-state index contributed by atoms with van der Waals surface area (Å²) in [5, 5.41) is 9.46. The van der Waals surface area contributed by atoms with Crippen molar-refractivity contribution in [3.05, 3.63) is 48.0 Å². The Balaban J connectivity index is 2.72. The number of carboxylic acid groups (broad SMARTS) is 1. The fourth-order valence-electron chi connectivity index (χ4n) is 2.73. The molecule has 0 aromatic heterocycles. The zero-order valence-corrected chi connectivity index (χ0v) is 16.6. The summed E-state index contributed by atoms with van der Waals surface area (Å²) >= 11 is 0. The monoisotopic (exact) mass is 391 g/mol. The Morgan fingerprint density at radius 1 is 1.15 bits per heavy atom. The predicted octanol–water partition coefficient (Wildman–Crippen LogP) is 4.21. The number of ether oxygens (including phenoxy) is 1. The third-order valence-electron chi connectivity index (χ3n) is 4.15. The number of hydrogen-bond donors (Lipinski definition) is 1. The van der Waals surface area contributed by atoms with Gasteiger partial charge >= 0.3 is 5.97 Å². The van der Waals surface area contributed by atoms with Crippen molar-refractivity contribution < 1.29 is 23.1 Å². The maximum absolute atomic E-state index is 12.4. The molecule has 0 aliphatic carbocycles. The summed E-state index contributed by atoms with van der Waals surface area (Å²) < 4.78 is 30.8. The third kappa shape index (κ3) is 5.23. The van der Waals surface area contributed by atoms with E-state index in [0.29, 0.717) is 24.5 Å². The van der Waals surface area contributed by atoms with Crippen molar-refractivity contribution in [1.82, 2.24) is 0 Å². The van der Waals surface area contributed by atoms with Crippen molar-refractivity contribution in [3.63, 3.8) is 0 Å². The summed E-state index contributed by atoms with van der Waals surface area (Å²) in [5.41, 5.74) is 0.385. The van der Waals surface area contributed by atoms with E-state index in [1.807, 2.05) is 17.9 Å². The number of sulfone groups is 1. The zero-order valence-electron chi connectivity index (χ0n) is 15.8. The van der Waals surface area contributed by atoms with Crippen molar-refractivity contribution in [2.45, 2.75) is 31.6 Å². The van der Waals surface area contributed by atoms with Gasteiger partial charge in [-0.15, -0.1) is 0 Å². The Hall–Kier alpha value is -2.54. The van der Waals surface area contributed by atoms with Gasteiger partial charge in [-0.05, 0) is 37.6 Å². The standard InChI is InChI=1S/C20H25NO5S/c1-4-6-12-21(5-2)17-13-15(20(22)23)14-18(27(3,24)25)19(17)26-16-10-8-7-9-11-16/h7-11,13-14H,4-6,12H2,1-3H3,(H,22,23). The van der Waals surface area contributed by atoms with Crippen molar-refractivity contribution in [3.8, 4) is 11.5 Å². The van der Waals surface area contributed by atoms with Gasteiger partial charge in [-0.2, -0.15) is 0 Å². The Morgan fingerprint density at radius 2 is 1.81 bits per heavy atom. The minimum Gasteiger partial charge on any atom is -0.478 e. The number of anilines is 1. The number of unbranched alkanes of at least 4 members (excludes halogenated alkanes) is 1. The molecule has 7 heteroatoms. The molecule has 1 N–H and O–H groups in total. The number of nitrogens with zero attached hydrogens (tertiary/aromatic N) is 1. The number of para-hydroxylation sites is 1. The molecule has 0 aliphatic rings. The fourth-order valence-corrected chi connectivity index (χ4v) is 3.55. The average molecular weight is 391 g/mol. The van der Waals surface area contributed by atoms with Crippen molar-refractivity contribution in [2.75, 3.05) is 24.2 Å². The van der Waals surface area contributed by atoms with Gasteiger partial charge in [-0.25, -0.2) is 13.2 Å². The van der Waals surface area contributed by atoms with E-state index in [2.05, 4.69) is 6.92 Å². The van der Waals surface area contributed by atoms with Crippen molar-refractivity contribution >= 4 is 21.5 Å². The van der Waals surface area contributed by atoms with Crippen LogP contribution in [0.15, 0.2) is 47.4 Å². The Bertz CT molecular complexity index is 894. The summed E-state index contributed by atoms with van der Waals surface area (Å²) in [7, 11) is -3.71. The molecular weight excluding hydrogens is 366 g/mol. The highest BCUT2D eigenvalue weighted by atomic mass is 32.2. The molecule has 0 saturated heterocycles. The number of rotatable bonds is 9. The molecule has 0 bridgehead atoms. The van der Waals surface area contributed by atoms with Crippen LogP contribution in [0, 0.1) is 0 Å². The molecule has 27 heavy (non-hydrogen) atoms. The first-order valence-electron chi connectivity index (χ1n) is 8.87. The Labute approximate surface area is 160 Å². The van der Waals surface area contributed by atoms with Gasteiger partial charge in [0.15, 0.2) is 15.6 Å². The van der Waals surface area contributed by atoms with Crippen LogP contribution in [0.5, 0.6) is 11.5 Å². The molecule has 2 rings (SSSR count). The van der Waals surface area contributed by atoms with Crippen molar-refractivity contribution in [2.24, 2.45) is 0 Å². The minimum atomic E-state index is -3.71. The first kappa shape index (κ1) is 20.8. The zero-order chi connectivity index (χ0) is 20.0. The molecule has 0 heterocycles. The lowest BCUT2D eigenvalue weighted by Gasteiger charge is -2.27. The molecule has 6 nitrogen and oxygen atoms in total. The number of benzene rings is 2. The van der Waals surface area contributed by atoms with Gasteiger partial charge in [-0.1, -0.05) is 31.5 Å². The summed E-state index contributed by atoms with van der Waals surface area (Å²) in [4.78, 5) is 13.4. The lowest BCUT2D eigenvalue weighted by molar-refractivity contribution is 0.0696. The molecule has 0 radical (unpaired) electrons. The van der Waals surface area contributed by atoms with Crippen LogP contribution < -0.4 is 9.64 Å². The normalized spacial score (nSPS) is 11.2. The predicted molar refractivity (Wildman–Crippen MR) is 106 cm³/mol. The van der Waals surface area contributed by atoms with Crippen LogP contribution in [-0.4, -0.2) is 38.8 Å². The summed E-state index contributed by atoms with van der Waals surface area (Å²) in [5.74, 6) is -0.538. The van der Waals surface area contributed by atoms with E-state index >= 15 is 0 Å². The third-order valence-corrected chi connectivity index (χ3v) is 5.25. The fraction of sp³-hybridized carbons (Fsp3) is 0.350. The largest absolute Gasteiger partial charge is 0.478 e. The number of aromatic carboxylic acids is 1. The van der Waals surface area contributed by atoms with Crippen LogP contribution in [0.2, 0.25) is 0 Å². The molecule has 0 fully saturated rings. The first-order chi connectivity index (χ1) is 12.8. The van der Waals surface area contributed by atoms with Crippen LogP contribution in [0.4, 0.5) is 5.69 Å². The highest BCUT2D eigenvalue weighted by Gasteiger charge is 2.25. The molecule has 0 aliphatic heterocycles. The van der Waals surface area contributed by atoms with Crippen LogP contribution in [0.3, 0.4) is 0 Å². The second-order valence-corrected chi connectivity index (χ2v) is 8.23. The number of carboxylic acids is 1. The lowest BCUT2D eigenvalue weighted by atomic mass is 10.1. The van der Waals surface area contributed by atoms with E-state index in [4.69, 9.17) is 4.74 Å². The lowest BCUT2D eigenvalue weighted by Crippen LogP contribution is -2.25. The molecule has 0 saturated carbocycles. The summed E-state index contributed by atoms with van der Waals surface area (Å²) in [6.07, 6.45) is 2.91. The van der Waals surface area contributed by atoms with Crippen LogP contribution >= 0.6 is 0 Å². The number of carbonyl (C=O) groups is 1. The van der Waals surface area contributed by atoms with Crippen LogP contribution in [0.1, 0.15) is 37.0 Å². The van der Waals surface area contributed by atoms with Crippen LogP contribution in [0.25, 0.3) is 0 Å². The molecule has 146 valence electrons. The van der Waals surface area contributed by atoms with E-state index in [9.17, 15) is 18.3 Å². The molecule has 0 atom stereocenters. The molecule has 0 unspecified atom stereocenters. The van der Waals surface area contributed by atoms with Gasteiger partial charge < -0.3 is 14.7 Å². The summed E-state index contributed by atoms with van der Waals surface area (Å²) in [6.45, 7) is 5.27. The topological polar surface area (TPSA) is 83.9 Å². The number of hydrogen-bond acceptors (Lipinski definition) is 5. The van der Waals surface area contributed by atoms with Gasteiger partial charge in [0.25, 0.3) is 0 Å². The van der Waals surface area contributed by atoms with Gasteiger partial charge in [0, 0.05) is 19.3 Å². The molecule has 2 aromatic carbocycles. The average Bonchev–Trinajstić information content (AvgIpc) is 2.62. The summed E-state index contributed by atoms with van der Waals surface area (Å²) in [6, 6.07) is 11.5. The second-order valence-electron chi connectivity index (χ2n) is 6.25. The first-order valence-corrected chi connectivity index (χ1v) is 10.8. The van der Waals surface area contributed by atoms with Crippen molar-refractivity contribution in [1.29, 1.82) is 0 Å². The van der Waals surface area contributed by atoms with Gasteiger partial charge in [0.1, 0.15) is 10.6 Å². The quantitative estimate of drug-likeness (QED) is 0.689. The SMILES string of the molecule is CCCCN(CC)c1cc(C(=O)O)cc(S(C)(=O)=O)c1Oc1ccccc1. The van der Waals surface area contributed by atoms with Gasteiger partial charge in [0.05, 0.1) is 11.3 Å². The van der Waals surface area contributed by atoms with E-state index in [0.717, 1.165) is 25.2 Å². The van der Waals surface area contributed by atoms with Gasteiger partial charge in [-0.3, -0.25) is 0 Å². The van der Waals surface area contributed by atoms with Crippen LogP contribution in [-0.2, 0) is 9.84 Å². The maximum Gasteiger partial charge on any atom is 0.335 e. The van der Waals surface area contributed by atoms with E-state index in [-0.39, 0.29) is 16.2 Å². The van der Waals surface area contributed by atoms with E-state index in [1.165, 1.54) is 6.07 Å².